The van der Waals surface area contributed by atoms with E-state index >= 15 is 0 Å². The van der Waals surface area contributed by atoms with Gasteiger partial charge in [0.1, 0.15) is 5.01 Å². The first-order chi connectivity index (χ1) is 9.29. The van der Waals surface area contributed by atoms with Gasteiger partial charge in [-0.15, -0.1) is 11.3 Å². The second-order valence-electron chi connectivity index (χ2n) is 4.24. The summed E-state index contributed by atoms with van der Waals surface area (Å²) in [5.41, 5.74) is 1.14. The van der Waals surface area contributed by atoms with Gasteiger partial charge in [0.05, 0.1) is 12.7 Å². The largest absolute Gasteiger partial charge is 0.389 e. The van der Waals surface area contributed by atoms with Crippen molar-refractivity contribution in [1.29, 1.82) is 0 Å². The van der Waals surface area contributed by atoms with E-state index in [-0.39, 0.29) is 0 Å². The number of rotatable bonds is 7. The van der Waals surface area contributed by atoms with Crippen LogP contribution in [0.15, 0.2) is 36.5 Å². The highest BCUT2D eigenvalue weighted by molar-refractivity contribution is 7.15. The Hall–Kier alpha value is -1.27. The van der Waals surface area contributed by atoms with Crippen LogP contribution in [0.5, 0.6) is 0 Å². The summed E-state index contributed by atoms with van der Waals surface area (Å²) in [5, 5.41) is 13.7. The Morgan fingerprint density at radius 1 is 1.37 bits per heavy atom. The van der Waals surface area contributed by atoms with Crippen LogP contribution in [0.4, 0.5) is 0 Å². The van der Waals surface area contributed by atoms with Crippen molar-refractivity contribution in [3.8, 4) is 10.6 Å². The van der Waals surface area contributed by atoms with Gasteiger partial charge in [-0.2, -0.15) is 0 Å². The molecule has 0 saturated heterocycles. The highest BCUT2D eigenvalue weighted by Gasteiger charge is 2.06. The van der Waals surface area contributed by atoms with E-state index in [4.69, 9.17) is 4.74 Å². The SMILES string of the molecule is COCC(O)CNCc1cnc(-c2ccccc2)s1. The highest BCUT2D eigenvalue weighted by atomic mass is 32.1. The van der Waals surface area contributed by atoms with Crippen molar-refractivity contribution in [2.45, 2.75) is 12.6 Å². The molecule has 0 saturated carbocycles. The maximum atomic E-state index is 9.51. The number of hydrogen-bond acceptors (Lipinski definition) is 5. The Labute approximate surface area is 117 Å². The molecule has 1 unspecified atom stereocenters. The lowest BCUT2D eigenvalue weighted by Crippen LogP contribution is -2.29. The van der Waals surface area contributed by atoms with Gasteiger partial charge in [-0.3, -0.25) is 0 Å². The molecule has 19 heavy (non-hydrogen) atoms. The number of methoxy groups -OCH3 is 1. The third-order valence-corrected chi connectivity index (χ3v) is 3.66. The summed E-state index contributed by atoms with van der Waals surface area (Å²) in [5.74, 6) is 0. The number of ether oxygens (including phenoxy) is 1. The highest BCUT2D eigenvalue weighted by Crippen LogP contribution is 2.24. The summed E-state index contributed by atoms with van der Waals surface area (Å²) in [6, 6.07) is 10.1. The summed E-state index contributed by atoms with van der Waals surface area (Å²) in [6.45, 7) is 1.59. The van der Waals surface area contributed by atoms with Crippen molar-refractivity contribution in [2.24, 2.45) is 0 Å². The molecule has 5 heteroatoms. The molecule has 1 aromatic carbocycles. The number of aliphatic hydroxyl groups excluding tert-OH is 1. The maximum Gasteiger partial charge on any atom is 0.123 e. The zero-order valence-electron chi connectivity index (χ0n) is 10.9. The fourth-order valence-corrected chi connectivity index (χ4v) is 2.60. The first-order valence-corrected chi connectivity index (χ1v) is 6.99. The second-order valence-corrected chi connectivity index (χ2v) is 5.35. The minimum atomic E-state index is -0.466. The molecule has 0 amide bonds. The van der Waals surface area contributed by atoms with E-state index in [1.54, 1.807) is 18.4 Å². The molecule has 2 aromatic rings. The molecule has 0 aliphatic rings. The van der Waals surface area contributed by atoms with Crippen LogP contribution >= 0.6 is 11.3 Å². The van der Waals surface area contributed by atoms with Crippen LogP contribution in [0.2, 0.25) is 0 Å². The van der Waals surface area contributed by atoms with Gasteiger partial charge < -0.3 is 15.2 Å². The summed E-state index contributed by atoms with van der Waals surface area (Å²) in [7, 11) is 1.58. The van der Waals surface area contributed by atoms with Gasteiger partial charge in [0.25, 0.3) is 0 Å². The molecule has 0 radical (unpaired) electrons. The average molecular weight is 278 g/mol. The van der Waals surface area contributed by atoms with E-state index in [0.29, 0.717) is 19.7 Å². The Morgan fingerprint density at radius 3 is 2.89 bits per heavy atom. The minimum absolute atomic E-state index is 0.352. The first kappa shape index (κ1) is 14.1. The zero-order chi connectivity index (χ0) is 13.5. The van der Waals surface area contributed by atoms with E-state index in [0.717, 1.165) is 15.4 Å². The average Bonchev–Trinajstić information content (AvgIpc) is 2.89. The summed E-state index contributed by atoms with van der Waals surface area (Å²) >= 11 is 1.66. The number of thiazole rings is 1. The lowest BCUT2D eigenvalue weighted by atomic mass is 10.2. The van der Waals surface area contributed by atoms with Crippen LogP contribution < -0.4 is 5.32 Å². The van der Waals surface area contributed by atoms with Gasteiger partial charge in [-0.05, 0) is 0 Å². The topological polar surface area (TPSA) is 54.4 Å². The number of aromatic nitrogens is 1. The lowest BCUT2D eigenvalue weighted by molar-refractivity contribution is 0.0644. The number of hydrogen-bond donors (Lipinski definition) is 2. The van der Waals surface area contributed by atoms with Crippen molar-refractivity contribution in [3.63, 3.8) is 0 Å². The van der Waals surface area contributed by atoms with Gasteiger partial charge in [-0.1, -0.05) is 30.3 Å². The molecule has 2 N–H and O–H groups in total. The van der Waals surface area contributed by atoms with Crippen LogP contribution in [0.25, 0.3) is 10.6 Å². The number of nitrogens with one attached hydrogen (secondary N) is 1. The maximum absolute atomic E-state index is 9.51. The molecule has 1 heterocycles. The van der Waals surface area contributed by atoms with E-state index in [9.17, 15) is 5.11 Å². The molecule has 0 aliphatic carbocycles. The first-order valence-electron chi connectivity index (χ1n) is 6.17. The standard InChI is InChI=1S/C14H18N2O2S/c1-18-10-12(17)7-15-8-13-9-16-14(19-13)11-5-3-2-4-6-11/h2-6,9,12,15,17H,7-8,10H2,1H3. The fourth-order valence-electron chi connectivity index (χ4n) is 1.72. The molecular formula is C14H18N2O2S. The van der Waals surface area contributed by atoms with E-state index in [1.807, 2.05) is 24.4 Å². The van der Waals surface area contributed by atoms with Crippen molar-refractivity contribution < 1.29 is 9.84 Å². The van der Waals surface area contributed by atoms with Crippen LogP contribution in [-0.4, -0.2) is 36.5 Å². The summed E-state index contributed by atoms with van der Waals surface area (Å²) < 4.78 is 4.87. The molecule has 4 nitrogen and oxygen atoms in total. The molecule has 0 aliphatic heterocycles. The molecule has 0 fully saturated rings. The molecule has 1 aromatic heterocycles. The third kappa shape index (κ3) is 4.40. The molecular weight excluding hydrogens is 260 g/mol. The van der Waals surface area contributed by atoms with Gasteiger partial charge >= 0.3 is 0 Å². The summed E-state index contributed by atoms with van der Waals surface area (Å²) in [4.78, 5) is 5.57. The number of nitrogens with zero attached hydrogens (tertiary/aromatic N) is 1. The van der Waals surface area contributed by atoms with Crippen molar-refractivity contribution in [3.05, 3.63) is 41.4 Å². The fraction of sp³-hybridized carbons (Fsp3) is 0.357. The van der Waals surface area contributed by atoms with E-state index in [1.165, 1.54) is 0 Å². The van der Waals surface area contributed by atoms with E-state index in [2.05, 4.69) is 22.4 Å². The number of aliphatic hydroxyl groups is 1. The van der Waals surface area contributed by atoms with Gasteiger partial charge in [0, 0.05) is 36.8 Å². The van der Waals surface area contributed by atoms with Crippen molar-refractivity contribution in [1.82, 2.24) is 10.3 Å². The monoisotopic (exact) mass is 278 g/mol. The van der Waals surface area contributed by atoms with Crippen molar-refractivity contribution in [2.75, 3.05) is 20.3 Å². The van der Waals surface area contributed by atoms with Crippen LogP contribution in [0, 0.1) is 0 Å². The molecule has 2 rings (SSSR count). The lowest BCUT2D eigenvalue weighted by Gasteiger charge is -2.09. The minimum Gasteiger partial charge on any atom is -0.389 e. The quantitative estimate of drug-likeness (QED) is 0.812. The second kappa shape index (κ2) is 7.35. The van der Waals surface area contributed by atoms with Crippen LogP contribution in [0.3, 0.4) is 0 Å². The summed E-state index contributed by atoms with van der Waals surface area (Å²) in [6.07, 6.45) is 1.41. The van der Waals surface area contributed by atoms with Crippen LogP contribution in [-0.2, 0) is 11.3 Å². The Bertz CT molecular complexity index is 487. The number of benzene rings is 1. The van der Waals surface area contributed by atoms with E-state index < -0.39 is 6.10 Å². The molecule has 0 spiro atoms. The van der Waals surface area contributed by atoms with Gasteiger partial charge in [-0.25, -0.2) is 4.98 Å². The molecule has 102 valence electrons. The van der Waals surface area contributed by atoms with Gasteiger partial charge in [0.15, 0.2) is 0 Å². The Kier molecular flexibility index (Phi) is 5.47. The zero-order valence-corrected chi connectivity index (χ0v) is 11.7. The van der Waals surface area contributed by atoms with Crippen LogP contribution in [0.1, 0.15) is 4.88 Å². The van der Waals surface area contributed by atoms with Crippen molar-refractivity contribution >= 4 is 11.3 Å². The Morgan fingerprint density at radius 2 is 2.16 bits per heavy atom. The third-order valence-electron chi connectivity index (χ3n) is 2.61. The predicted molar refractivity (Wildman–Crippen MR) is 77.1 cm³/mol. The van der Waals surface area contributed by atoms with Gasteiger partial charge in [0.2, 0.25) is 0 Å². The predicted octanol–water partition coefficient (Wildman–Crippen LogP) is 1.91. The molecule has 0 bridgehead atoms. The smallest absolute Gasteiger partial charge is 0.123 e. The Balaban J connectivity index is 1.85. The normalized spacial score (nSPS) is 12.5. The molecule has 1 atom stereocenters.